The summed E-state index contributed by atoms with van der Waals surface area (Å²) in [5.41, 5.74) is 2.31. The van der Waals surface area contributed by atoms with Crippen molar-refractivity contribution < 1.29 is 9.53 Å². The second kappa shape index (κ2) is 9.84. The van der Waals surface area contributed by atoms with E-state index in [1.807, 2.05) is 75.5 Å². The fraction of sp³-hybridized carbons (Fsp3) is 0.381. The lowest BCUT2D eigenvalue weighted by molar-refractivity contribution is -0.122. The number of nitrogens with one attached hydrogen (secondary N) is 1. The highest BCUT2D eigenvalue weighted by Crippen LogP contribution is 2.12. The zero-order chi connectivity index (χ0) is 18.1. The molecule has 1 atom stereocenters. The predicted octanol–water partition coefficient (Wildman–Crippen LogP) is 3.57. The van der Waals surface area contributed by atoms with E-state index in [4.69, 9.17) is 4.74 Å². The van der Waals surface area contributed by atoms with Crippen LogP contribution in [0.4, 0.5) is 0 Å². The highest BCUT2D eigenvalue weighted by Gasteiger charge is 2.10. The Morgan fingerprint density at radius 2 is 1.88 bits per heavy atom. The van der Waals surface area contributed by atoms with Crippen LogP contribution in [0.3, 0.4) is 0 Å². The van der Waals surface area contributed by atoms with E-state index in [2.05, 4.69) is 10.2 Å². The molecule has 0 saturated carbocycles. The minimum absolute atomic E-state index is 0.0312. The maximum absolute atomic E-state index is 12.1. The van der Waals surface area contributed by atoms with Crippen LogP contribution in [0.1, 0.15) is 30.5 Å². The molecule has 25 heavy (non-hydrogen) atoms. The molecule has 0 radical (unpaired) electrons. The van der Waals surface area contributed by atoms with Gasteiger partial charge in [-0.25, -0.2) is 0 Å². The summed E-state index contributed by atoms with van der Waals surface area (Å²) in [6, 6.07) is 18.1. The molecule has 0 aliphatic rings. The van der Waals surface area contributed by atoms with Gasteiger partial charge in [0.2, 0.25) is 5.91 Å². The van der Waals surface area contributed by atoms with Gasteiger partial charge in [0.1, 0.15) is 12.4 Å². The molecule has 0 bridgehead atoms. The minimum Gasteiger partial charge on any atom is -0.492 e. The van der Waals surface area contributed by atoms with E-state index in [0.717, 1.165) is 17.9 Å². The molecule has 2 rings (SSSR count). The van der Waals surface area contributed by atoms with Crippen LogP contribution in [-0.2, 0) is 4.79 Å². The normalized spacial score (nSPS) is 12.0. The smallest absolute Gasteiger partial charge is 0.221 e. The standard InChI is InChI=1S/C21H28N2O2/c1-17-8-7-11-20(16-17)25-15-14-23(3)13-12-21(24)22-18(2)19-9-5-4-6-10-19/h4-11,16,18H,12-15H2,1-3H3,(H,22,24). The average Bonchev–Trinajstić information content (AvgIpc) is 2.61. The van der Waals surface area contributed by atoms with Crippen LogP contribution in [0.2, 0.25) is 0 Å². The molecule has 134 valence electrons. The van der Waals surface area contributed by atoms with Crippen molar-refractivity contribution in [1.82, 2.24) is 10.2 Å². The minimum atomic E-state index is 0.0312. The average molecular weight is 340 g/mol. The summed E-state index contributed by atoms with van der Waals surface area (Å²) in [5, 5.41) is 3.04. The Bertz CT molecular complexity index is 658. The van der Waals surface area contributed by atoms with Crippen molar-refractivity contribution in [3.05, 3.63) is 65.7 Å². The number of aryl methyl sites for hydroxylation is 1. The first kappa shape index (κ1) is 19.0. The largest absolute Gasteiger partial charge is 0.492 e. The van der Waals surface area contributed by atoms with Crippen molar-refractivity contribution in [2.75, 3.05) is 26.7 Å². The molecular formula is C21H28N2O2. The van der Waals surface area contributed by atoms with Crippen LogP contribution < -0.4 is 10.1 Å². The van der Waals surface area contributed by atoms with Crippen molar-refractivity contribution >= 4 is 5.91 Å². The predicted molar refractivity (Wildman–Crippen MR) is 102 cm³/mol. The number of carbonyl (C=O) groups is 1. The Morgan fingerprint density at radius 1 is 1.12 bits per heavy atom. The van der Waals surface area contributed by atoms with Gasteiger partial charge in [-0.2, -0.15) is 0 Å². The first-order valence-corrected chi connectivity index (χ1v) is 8.77. The third-order valence-corrected chi connectivity index (χ3v) is 4.13. The third kappa shape index (κ3) is 6.98. The highest BCUT2D eigenvalue weighted by atomic mass is 16.5. The van der Waals surface area contributed by atoms with E-state index < -0.39 is 0 Å². The SMILES string of the molecule is Cc1cccc(OCCN(C)CCC(=O)NC(C)c2ccccc2)c1. The number of nitrogens with zero attached hydrogens (tertiary/aromatic N) is 1. The number of ether oxygens (including phenoxy) is 1. The monoisotopic (exact) mass is 340 g/mol. The molecular weight excluding hydrogens is 312 g/mol. The Balaban J connectivity index is 1.64. The lowest BCUT2D eigenvalue weighted by atomic mass is 10.1. The molecule has 0 saturated heterocycles. The Morgan fingerprint density at radius 3 is 2.60 bits per heavy atom. The second-order valence-electron chi connectivity index (χ2n) is 6.42. The zero-order valence-corrected chi connectivity index (χ0v) is 15.4. The van der Waals surface area contributed by atoms with Crippen LogP contribution in [0.5, 0.6) is 5.75 Å². The maximum Gasteiger partial charge on any atom is 0.221 e. The number of hydrogen-bond acceptors (Lipinski definition) is 3. The van der Waals surface area contributed by atoms with Gasteiger partial charge in [-0.3, -0.25) is 4.79 Å². The van der Waals surface area contributed by atoms with Crippen molar-refractivity contribution in [2.45, 2.75) is 26.3 Å². The number of benzene rings is 2. The van der Waals surface area contributed by atoms with E-state index in [1.165, 1.54) is 5.56 Å². The van der Waals surface area contributed by atoms with Gasteiger partial charge in [-0.15, -0.1) is 0 Å². The van der Waals surface area contributed by atoms with Gasteiger partial charge in [0.25, 0.3) is 0 Å². The number of hydrogen-bond donors (Lipinski definition) is 1. The summed E-state index contributed by atoms with van der Waals surface area (Å²) < 4.78 is 5.74. The molecule has 2 aromatic rings. The second-order valence-corrected chi connectivity index (χ2v) is 6.42. The van der Waals surface area contributed by atoms with Gasteiger partial charge in [-0.05, 0) is 44.2 Å². The molecule has 0 spiro atoms. The van der Waals surface area contributed by atoms with Gasteiger partial charge in [0, 0.05) is 19.5 Å². The summed E-state index contributed by atoms with van der Waals surface area (Å²) >= 11 is 0. The van der Waals surface area contributed by atoms with Crippen molar-refractivity contribution in [2.24, 2.45) is 0 Å². The topological polar surface area (TPSA) is 41.6 Å². The van der Waals surface area contributed by atoms with Crippen LogP contribution in [0.15, 0.2) is 54.6 Å². The van der Waals surface area contributed by atoms with Gasteiger partial charge < -0.3 is 15.0 Å². The van der Waals surface area contributed by atoms with Crippen LogP contribution in [-0.4, -0.2) is 37.6 Å². The molecule has 0 aromatic heterocycles. The number of likely N-dealkylation sites (N-methyl/N-ethyl adjacent to an activating group) is 1. The first-order valence-electron chi connectivity index (χ1n) is 8.77. The molecule has 1 amide bonds. The molecule has 4 heteroatoms. The fourth-order valence-electron chi connectivity index (χ4n) is 2.57. The van der Waals surface area contributed by atoms with Gasteiger partial charge in [0.15, 0.2) is 0 Å². The Hall–Kier alpha value is -2.33. The molecule has 0 heterocycles. The zero-order valence-electron chi connectivity index (χ0n) is 15.4. The van der Waals surface area contributed by atoms with Gasteiger partial charge >= 0.3 is 0 Å². The summed E-state index contributed by atoms with van der Waals surface area (Å²) in [5.74, 6) is 0.964. The number of amides is 1. The van der Waals surface area contributed by atoms with E-state index in [1.54, 1.807) is 0 Å². The molecule has 0 aliphatic heterocycles. The van der Waals surface area contributed by atoms with Crippen molar-refractivity contribution in [3.63, 3.8) is 0 Å². The maximum atomic E-state index is 12.1. The van der Waals surface area contributed by atoms with Gasteiger partial charge in [-0.1, -0.05) is 42.5 Å². The number of carbonyl (C=O) groups excluding carboxylic acids is 1. The molecule has 2 aromatic carbocycles. The molecule has 0 fully saturated rings. The Labute approximate surface area is 150 Å². The van der Waals surface area contributed by atoms with Crippen molar-refractivity contribution in [3.8, 4) is 5.75 Å². The van der Waals surface area contributed by atoms with Crippen LogP contribution >= 0.6 is 0 Å². The molecule has 4 nitrogen and oxygen atoms in total. The summed E-state index contributed by atoms with van der Waals surface area (Å²) in [6.07, 6.45) is 0.484. The third-order valence-electron chi connectivity index (χ3n) is 4.13. The summed E-state index contributed by atoms with van der Waals surface area (Å²) in [4.78, 5) is 14.2. The van der Waals surface area contributed by atoms with E-state index in [-0.39, 0.29) is 11.9 Å². The number of rotatable bonds is 9. The highest BCUT2D eigenvalue weighted by molar-refractivity contribution is 5.76. The Kier molecular flexibility index (Phi) is 7.48. The van der Waals surface area contributed by atoms with Gasteiger partial charge in [0.05, 0.1) is 6.04 Å². The fourth-order valence-corrected chi connectivity index (χ4v) is 2.57. The lowest BCUT2D eigenvalue weighted by Crippen LogP contribution is -2.32. The quantitative estimate of drug-likeness (QED) is 0.759. The molecule has 1 N–H and O–H groups in total. The van der Waals surface area contributed by atoms with Crippen LogP contribution in [0, 0.1) is 6.92 Å². The first-order chi connectivity index (χ1) is 12.0. The molecule has 1 unspecified atom stereocenters. The van der Waals surface area contributed by atoms with Crippen LogP contribution in [0.25, 0.3) is 0 Å². The summed E-state index contributed by atoms with van der Waals surface area (Å²) in [6.45, 7) is 6.17. The molecule has 0 aliphatic carbocycles. The van der Waals surface area contributed by atoms with E-state index >= 15 is 0 Å². The van der Waals surface area contributed by atoms with E-state index in [0.29, 0.717) is 19.6 Å². The van der Waals surface area contributed by atoms with E-state index in [9.17, 15) is 4.79 Å². The van der Waals surface area contributed by atoms with Crippen molar-refractivity contribution in [1.29, 1.82) is 0 Å². The summed E-state index contributed by atoms with van der Waals surface area (Å²) in [7, 11) is 2.01. The lowest BCUT2D eigenvalue weighted by Gasteiger charge is -2.18.